The molecular weight excluding hydrogens is 574 g/mol. The molecule has 5 rings (SSSR count). The number of carbonyl (C=O) groups is 1. The number of rotatable bonds is 7. The number of ether oxygens (including phenoxy) is 1. The van der Waals surface area contributed by atoms with Crippen LogP contribution >= 0.6 is 28.1 Å². The molecule has 39 heavy (non-hydrogen) atoms. The van der Waals surface area contributed by atoms with E-state index < -0.39 is 0 Å². The molecule has 9 heteroatoms. The quantitative estimate of drug-likeness (QED) is 0.241. The van der Waals surface area contributed by atoms with Gasteiger partial charge in [0.2, 0.25) is 5.91 Å². The summed E-state index contributed by atoms with van der Waals surface area (Å²) in [6.07, 6.45) is 1.81. The number of anilines is 2. The third kappa shape index (κ3) is 5.34. The highest BCUT2D eigenvalue weighted by Crippen LogP contribution is 2.44. The highest BCUT2D eigenvalue weighted by Gasteiger charge is 2.42. The number of nitrogens with zero attached hydrogens (tertiary/aromatic N) is 3. The van der Waals surface area contributed by atoms with Crippen molar-refractivity contribution in [2.24, 2.45) is 0 Å². The van der Waals surface area contributed by atoms with Crippen LogP contribution in [0, 0.1) is 20.8 Å². The van der Waals surface area contributed by atoms with E-state index in [1.165, 1.54) is 7.11 Å². The Morgan fingerprint density at radius 2 is 1.90 bits per heavy atom. The second-order valence-corrected chi connectivity index (χ2v) is 10.9. The SMILES string of the molecule is COCC(=O)Nc1ccc(N2C(=S)N[C@@H](c3ccccn3)[C@@H]2c2cc(C)n(-c3cccc(Br)c3)c2C)cc1C. The van der Waals surface area contributed by atoms with Crippen LogP contribution in [0.15, 0.2) is 77.4 Å². The van der Waals surface area contributed by atoms with Crippen LogP contribution in [0.1, 0.15) is 40.3 Å². The first-order chi connectivity index (χ1) is 18.8. The fourth-order valence-corrected chi connectivity index (χ4v) is 6.04. The fourth-order valence-electron chi connectivity index (χ4n) is 5.30. The molecule has 0 bridgehead atoms. The molecule has 1 aliphatic heterocycles. The Labute approximate surface area is 242 Å². The Morgan fingerprint density at radius 3 is 2.59 bits per heavy atom. The van der Waals surface area contributed by atoms with Crippen molar-refractivity contribution < 1.29 is 9.53 Å². The molecule has 0 aliphatic carbocycles. The topological polar surface area (TPSA) is 71.4 Å². The van der Waals surface area contributed by atoms with E-state index in [1.807, 2.05) is 55.6 Å². The van der Waals surface area contributed by atoms with E-state index in [9.17, 15) is 4.79 Å². The first-order valence-corrected chi connectivity index (χ1v) is 13.8. The Kier molecular flexibility index (Phi) is 7.83. The van der Waals surface area contributed by atoms with Crippen molar-refractivity contribution in [3.63, 3.8) is 0 Å². The molecule has 0 radical (unpaired) electrons. The Bertz CT molecular complexity index is 1540. The lowest BCUT2D eigenvalue weighted by molar-refractivity contribution is -0.119. The molecule has 1 saturated heterocycles. The summed E-state index contributed by atoms with van der Waals surface area (Å²) in [6, 6.07) is 22.2. The van der Waals surface area contributed by atoms with Crippen molar-refractivity contribution in [1.29, 1.82) is 0 Å². The summed E-state index contributed by atoms with van der Waals surface area (Å²) in [6.45, 7) is 6.25. The van der Waals surface area contributed by atoms with Crippen molar-refractivity contribution in [3.8, 4) is 5.69 Å². The van der Waals surface area contributed by atoms with E-state index in [1.54, 1.807) is 0 Å². The molecule has 3 heterocycles. The summed E-state index contributed by atoms with van der Waals surface area (Å²) < 4.78 is 8.26. The number of hydrogen-bond acceptors (Lipinski definition) is 4. The smallest absolute Gasteiger partial charge is 0.250 e. The van der Waals surface area contributed by atoms with Gasteiger partial charge in [0.15, 0.2) is 5.11 Å². The Balaban J connectivity index is 1.61. The maximum atomic E-state index is 12.1. The zero-order valence-electron chi connectivity index (χ0n) is 22.2. The van der Waals surface area contributed by atoms with E-state index in [-0.39, 0.29) is 24.6 Å². The molecule has 0 unspecified atom stereocenters. The fraction of sp³-hybridized carbons (Fsp3) is 0.233. The van der Waals surface area contributed by atoms with E-state index >= 15 is 0 Å². The number of benzene rings is 2. The number of carbonyl (C=O) groups excluding carboxylic acids is 1. The van der Waals surface area contributed by atoms with Crippen molar-refractivity contribution >= 4 is 50.5 Å². The number of halogens is 1. The predicted octanol–water partition coefficient (Wildman–Crippen LogP) is 6.32. The molecule has 2 N–H and O–H groups in total. The van der Waals surface area contributed by atoms with Gasteiger partial charge >= 0.3 is 0 Å². The molecule has 2 atom stereocenters. The van der Waals surface area contributed by atoms with Crippen molar-refractivity contribution in [1.82, 2.24) is 14.9 Å². The number of aromatic nitrogens is 2. The van der Waals surface area contributed by atoms with E-state index in [2.05, 4.69) is 79.1 Å². The summed E-state index contributed by atoms with van der Waals surface area (Å²) in [4.78, 5) is 19.0. The predicted molar refractivity (Wildman–Crippen MR) is 163 cm³/mol. The van der Waals surface area contributed by atoms with E-state index in [4.69, 9.17) is 17.0 Å². The summed E-state index contributed by atoms with van der Waals surface area (Å²) in [5, 5.41) is 7.08. The van der Waals surface area contributed by atoms with Gasteiger partial charge in [0.1, 0.15) is 6.61 Å². The molecule has 2 aromatic carbocycles. The highest BCUT2D eigenvalue weighted by atomic mass is 79.9. The molecule has 1 amide bonds. The summed E-state index contributed by atoms with van der Waals surface area (Å²) >= 11 is 9.55. The van der Waals surface area contributed by atoms with Crippen molar-refractivity contribution in [2.75, 3.05) is 23.9 Å². The molecule has 1 aliphatic rings. The Hall–Kier alpha value is -3.53. The van der Waals surface area contributed by atoms with Gasteiger partial charge in [0.05, 0.1) is 17.8 Å². The Morgan fingerprint density at radius 1 is 1.08 bits per heavy atom. The largest absolute Gasteiger partial charge is 0.375 e. The van der Waals surface area contributed by atoms with Gasteiger partial charge < -0.3 is 24.8 Å². The second-order valence-electron chi connectivity index (χ2n) is 9.62. The molecule has 4 aromatic rings. The average Bonchev–Trinajstić information content (AvgIpc) is 3.40. The van der Waals surface area contributed by atoms with Crippen LogP contribution in [0.3, 0.4) is 0 Å². The summed E-state index contributed by atoms with van der Waals surface area (Å²) in [7, 11) is 1.50. The summed E-state index contributed by atoms with van der Waals surface area (Å²) in [5.74, 6) is -0.195. The van der Waals surface area contributed by atoms with Crippen LogP contribution in [0.4, 0.5) is 11.4 Å². The third-order valence-corrected chi connectivity index (χ3v) is 7.80. The number of pyridine rings is 1. The van der Waals surface area contributed by atoms with Crippen LogP contribution in [-0.2, 0) is 9.53 Å². The minimum absolute atomic E-state index is 0.00273. The maximum absolute atomic E-state index is 12.1. The molecular formula is C30H30BrN5O2S. The second kappa shape index (κ2) is 11.3. The van der Waals surface area contributed by atoms with Crippen LogP contribution in [0.2, 0.25) is 0 Å². The minimum atomic E-state index is -0.195. The number of hydrogen-bond donors (Lipinski definition) is 2. The normalized spacial score (nSPS) is 16.8. The van der Waals surface area contributed by atoms with Gasteiger partial charge in [0.25, 0.3) is 0 Å². The molecule has 200 valence electrons. The average molecular weight is 605 g/mol. The summed E-state index contributed by atoms with van der Waals surface area (Å²) in [5.41, 5.74) is 8.03. The first kappa shape index (κ1) is 27.1. The van der Waals surface area contributed by atoms with Gasteiger partial charge in [-0.25, -0.2) is 0 Å². The highest BCUT2D eigenvalue weighted by molar-refractivity contribution is 9.10. The number of nitrogens with one attached hydrogen (secondary N) is 2. The zero-order chi connectivity index (χ0) is 27.7. The number of methoxy groups -OCH3 is 1. The zero-order valence-corrected chi connectivity index (χ0v) is 24.6. The van der Waals surface area contributed by atoms with Gasteiger partial charge in [-0.2, -0.15) is 0 Å². The van der Waals surface area contributed by atoms with E-state index in [0.717, 1.165) is 49.7 Å². The lowest BCUT2D eigenvalue weighted by Crippen LogP contribution is -2.29. The number of aryl methyl sites for hydroxylation is 2. The minimum Gasteiger partial charge on any atom is -0.375 e. The van der Waals surface area contributed by atoms with Crippen molar-refractivity contribution in [2.45, 2.75) is 32.9 Å². The van der Waals surface area contributed by atoms with Crippen LogP contribution in [0.25, 0.3) is 5.69 Å². The lowest BCUT2D eigenvalue weighted by atomic mass is 9.96. The van der Waals surface area contributed by atoms with Crippen LogP contribution in [0.5, 0.6) is 0 Å². The van der Waals surface area contributed by atoms with Crippen LogP contribution < -0.4 is 15.5 Å². The number of thiocarbonyl (C=S) groups is 1. The molecule has 0 saturated carbocycles. The van der Waals surface area contributed by atoms with Gasteiger partial charge in [-0.3, -0.25) is 9.78 Å². The van der Waals surface area contributed by atoms with Crippen molar-refractivity contribution in [3.05, 3.63) is 106 Å². The van der Waals surface area contributed by atoms with Crippen LogP contribution in [-0.4, -0.2) is 34.3 Å². The first-order valence-electron chi connectivity index (χ1n) is 12.6. The van der Waals surface area contributed by atoms with Gasteiger partial charge in [-0.1, -0.05) is 28.1 Å². The maximum Gasteiger partial charge on any atom is 0.250 e. The molecule has 7 nitrogen and oxygen atoms in total. The lowest BCUT2D eigenvalue weighted by Gasteiger charge is -2.29. The number of amides is 1. The standard InChI is InChI=1S/C30H30BrN5O2S/c1-18-14-23(11-12-25(18)33-27(37)17-38-4)36-29(28(34-30(36)39)26-10-5-6-13-32-26)24-15-19(2)35(20(24)3)22-9-7-8-21(31)16-22/h5-16,28-29H,17H2,1-4H3,(H,33,37)(H,34,39)/t28-,29-/m0/s1. The molecule has 1 fully saturated rings. The molecule has 0 spiro atoms. The molecule has 2 aromatic heterocycles. The van der Waals surface area contributed by atoms with Gasteiger partial charge in [-0.15, -0.1) is 0 Å². The van der Waals surface area contributed by atoms with Gasteiger partial charge in [0, 0.05) is 46.2 Å². The third-order valence-electron chi connectivity index (χ3n) is 6.99. The monoisotopic (exact) mass is 603 g/mol. The van der Waals surface area contributed by atoms with Gasteiger partial charge in [-0.05, 0) is 98.7 Å². The van der Waals surface area contributed by atoms with E-state index in [0.29, 0.717) is 5.11 Å².